The maximum atomic E-state index is 11.6. The molecule has 2 amide bonds. The summed E-state index contributed by atoms with van der Waals surface area (Å²) in [6.45, 7) is 3.94. The number of carbonyl (C=O) groups is 2. The van der Waals surface area contributed by atoms with E-state index in [4.69, 9.17) is 33.7 Å². The highest BCUT2D eigenvalue weighted by Crippen LogP contribution is 2.24. The number of halogens is 4. The van der Waals surface area contributed by atoms with Gasteiger partial charge >= 0.3 is 0 Å². The molecule has 0 aliphatic rings. The number of nitrogens with two attached hydrogens (primary N) is 1. The molecule has 1 atom stereocenters. The van der Waals surface area contributed by atoms with Crippen LogP contribution in [-0.4, -0.2) is 42.5 Å². The normalized spacial score (nSPS) is 11.0. The molecule has 11 heteroatoms. The number of hydrogen-bond acceptors (Lipinski definition) is 5. The van der Waals surface area contributed by atoms with Gasteiger partial charge in [0.25, 0.3) is 0 Å². The van der Waals surface area contributed by atoms with E-state index in [1.165, 1.54) is 12.3 Å². The summed E-state index contributed by atoms with van der Waals surface area (Å²) in [6.07, 6.45) is 1.41. The smallest absolute Gasteiger partial charge is 0.239 e. The molecular weight excluding hydrogens is 414 g/mol. The van der Waals surface area contributed by atoms with Gasteiger partial charge in [-0.1, -0.05) is 37.0 Å². The highest BCUT2D eigenvalue weighted by atomic mass is 35.5. The minimum absolute atomic E-state index is 0. The average Bonchev–Trinajstić information content (AvgIpc) is 2.49. The van der Waals surface area contributed by atoms with Gasteiger partial charge in [-0.2, -0.15) is 0 Å². The molecule has 0 aromatic carbocycles. The summed E-state index contributed by atoms with van der Waals surface area (Å²) < 4.78 is 5.31. The van der Waals surface area contributed by atoms with E-state index in [0.29, 0.717) is 10.0 Å². The van der Waals surface area contributed by atoms with Gasteiger partial charge < -0.3 is 21.1 Å². The lowest BCUT2D eigenvalue weighted by Gasteiger charge is -2.15. The highest BCUT2D eigenvalue weighted by molar-refractivity contribution is 6.35. The Balaban J connectivity index is 0. The summed E-state index contributed by atoms with van der Waals surface area (Å²) in [4.78, 5) is 27.1. The van der Waals surface area contributed by atoms with Crippen molar-refractivity contribution >= 4 is 59.8 Å². The van der Waals surface area contributed by atoms with Gasteiger partial charge in [0.15, 0.2) is 0 Å². The minimum Gasteiger partial charge on any atom is -0.475 e. The third-order valence-electron chi connectivity index (χ3n) is 2.88. The molecule has 0 unspecified atom stereocenters. The molecule has 25 heavy (non-hydrogen) atoms. The zero-order chi connectivity index (χ0) is 17.4. The van der Waals surface area contributed by atoms with Gasteiger partial charge in [0, 0.05) is 6.20 Å². The van der Waals surface area contributed by atoms with Crippen molar-refractivity contribution in [1.82, 2.24) is 15.6 Å². The Morgan fingerprint density at radius 1 is 1.28 bits per heavy atom. The molecule has 0 fully saturated rings. The molecule has 0 saturated heterocycles. The van der Waals surface area contributed by atoms with E-state index >= 15 is 0 Å². The lowest BCUT2D eigenvalue weighted by atomic mass is 10.1. The number of nitrogens with one attached hydrogen (secondary N) is 2. The Morgan fingerprint density at radius 3 is 2.48 bits per heavy atom. The van der Waals surface area contributed by atoms with Gasteiger partial charge in [-0.3, -0.25) is 9.59 Å². The second-order valence-corrected chi connectivity index (χ2v) is 5.97. The number of amides is 2. The van der Waals surface area contributed by atoms with Crippen molar-refractivity contribution in [3.8, 4) is 5.88 Å². The first-order valence-electron chi connectivity index (χ1n) is 7.05. The molecule has 0 aliphatic heterocycles. The van der Waals surface area contributed by atoms with Crippen molar-refractivity contribution in [3.63, 3.8) is 0 Å². The molecule has 0 radical (unpaired) electrons. The molecule has 7 nitrogen and oxygen atoms in total. The molecule has 1 rings (SSSR count). The first kappa shape index (κ1) is 26.2. The fraction of sp³-hybridized carbons (Fsp3) is 0.500. The van der Waals surface area contributed by atoms with Gasteiger partial charge in [0.2, 0.25) is 17.7 Å². The molecule has 4 N–H and O–H groups in total. The monoisotopic (exact) mass is 434 g/mol. The van der Waals surface area contributed by atoms with Crippen LogP contribution in [-0.2, 0) is 9.59 Å². The van der Waals surface area contributed by atoms with E-state index < -0.39 is 6.04 Å². The van der Waals surface area contributed by atoms with Gasteiger partial charge in [-0.05, 0) is 12.0 Å². The lowest BCUT2D eigenvalue weighted by molar-refractivity contribution is -0.127. The quantitative estimate of drug-likeness (QED) is 0.540. The topological polar surface area (TPSA) is 106 Å². The Bertz CT molecular complexity index is 561. The van der Waals surface area contributed by atoms with Crippen LogP contribution in [0.5, 0.6) is 5.88 Å². The van der Waals surface area contributed by atoms with Crippen molar-refractivity contribution in [3.05, 3.63) is 22.3 Å². The predicted molar refractivity (Wildman–Crippen MR) is 103 cm³/mol. The standard InChI is InChI=1S/C14H20Cl2N4O3.2ClH/c1-8(2)12(17)13(22)19-7-11(21)18-3-4-23-14-10(16)5-9(15)6-20-14;;/h5-6,8,12H,3-4,7,17H2,1-2H3,(H,18,21)(H,19,22);2*1H/t12-;;/m0../s1. The predicted octanol–water partition coefficient (Wildman–Crippen LogP) is 1.83. The third-order valence-corrected chi connectivity index (χ3v) is 3.36. The van der Waals surface area contributed by atoms with Gasteiger partial charge in [-0.25, -0.2) is 4.98 Å². The Kier molecular flexibility index (Phi) is 13.9. The van der Waals surface area contributed by atoms with Crippen LogP contribution >= 0.6 is 48.0 Å². The fourth-order valence-corrected chi connectivity index (χ4v) is 1.93. The highest BCUT2D eigenvalue weighted by Gasteiger charge is 2.17. The first-order chi connectivity index (χ1) is 10.8. The van der Waals surface area contributed by atoms with Crippen molar-refractivity contribution in [2.45, 2.75) is 19.9 Å². The van der Waals surface area contributed by atoms with E-state index in [-0.39, 0.29) is 68.1 Å². The second-order valence-electron chi connectivity index (χ2n) is 5.13. The maximum Gasteiger partial charge on any atom is 0.239 e. The van der Waals surface area contributed by atoms with Gasteiger partial charge in [-0.15, -0.1) is 24.8 Å². The van der Waals surface area contributed by atoms with Crippen molar-refractivity contribution in [2.75, 3.05) is 19.7 Å². The van der Waals surface area contributed by atoms with Crippen LogP contribution in [0.3, 0.4) is 0 Å². The number of pyridine rings is 1. The van der Waals surface area contributed by atoms with Crippen LogP contribution in [0, 0.1) is 5.92 Å². The van der Waals surface area contributed by atoms with Crippen LogP contribution in [0.4, 0.5) is 0 Å². The molecule has 0 spiro atoms. The number of aromatic nitrogens is 1. The summed E-state index contributed by atoms with van der Waals surface area (Å²) in [5.74, 6) is -0.457. The Hall–Kier alpha value is -0.990. The number of ether oxygens (including phenoxy) is 1. The van der Waals surface area contributed by atoms with Crippen molar-refractivity contribution < 1.29 is 14.3 Å². The first-order valence-corrected chi connectivity index (χ1v) is 7.80. The van der Waals surface area contributed by atoms with Crippen molar-refractivity contribution in [1.29, 1.82) is 0 Å². The summed E-state index contributed by atoms with van der Waals surface area (Å²) >= 11 is 11.6. The molecule has 1 aromatic heterocycles. The largest absolute Gasteiger partial charge is 0.475 e. The fourth-order valence-electron chi connectivity index (χ4n) is 1.50. The van der Waals surface area contributed by atoms with Crippen LogP contribution in [0.25, 0.3) is 0 Å². The van der Waals surface area contributed by atoms with Crippen LogP contribution in [0.15, 0.2) is 12.3 Å². The number of rotatable bonds is 8. The molecular formula is C14H22Cl4N4O3. The minimum atomic E-state index is -0.635. The lowest BCUT2D eigenvalue weighted by Crippen LogP contribution is -2.47. The van der Waals surface area contributed by atoms with E-state index in [0.717, 1.165) is 0 Å². The summed E-state index contributed by atoms with van der Waals surface area (Å²) in [5, 5.41) is 5.76. The molecule has 1 heterocycles. The number of hydrogen-bond donors (Lipinski definition) is 3. The van der Waals surface area contributed by atoms with E-state index in [2.05, 4.69) is 15.6 Å². The Labute approximate surface area is 169 Å². The Morgan fingerprint density at radius 2 is 1.92 bits per heavy atom. The number of carbonyl (C=O) groups excluding carboxylic acids is 2. The molecule has 0 saturated carbocycles. The maximum absolute atomic E-state index is 11.6. The van der Waals surface area contributed by atoms with Gasteiger partial charge in [0.05, 0.1) is 24.2 Å². The van der Waals surface area contributed by atoms with E-state index in [1.807, 2.05) is 13.8 Å². The van der Waals surface area contributed by atoms with Crippen LogP contribution in [0.1, 0.15) is 13.8 Å². The molecule has 0 bridgehead atoms. The summed E-state index contributed by atoms with van der Waals surface area (Å²) in [5.41, 5.74) is 5.66. The average molecular weight is 436 g/mol. The zero-order valence-electron chi connectivity index (χ0n) is 13.8. The SMILES string of the molecule is CC(C)[C@H](N)C(=O)NCC(=O)NCCOc1ncc(Cl)cc1Cl.Cl.Cl. The number of nitrogens with zero attached hydrogens (tertiary/aromatic N) is 1. The van der Waals surface area contributed by atoms with E-state index in [1.54, 1.807) is 0 Å². The van der Waals surface area contributed by atoms with Crippen LogP contribution < -0.4 is 21.1 Å². The van der Waals surface area contributed by atoms with E-state index in [9.17, 15) is 9.59 Å². The zero-order valence-corrected chi connectivity index (χ0v) is 16.9. The van der Waals surface area contributed by atoms with Crippen molar-refractivity contribution in [2.24, 2.45) is 11.7 Å². The summed E-state index contributed by atoms with van der Waals surface area (Å²) in [6, 6.07) is 0.876. The molecule has 144 valence electrons. The van der Waals surface area contributed by atoms with Crippen LogP contribution in [0.2, 0.25) is 10.0 Å². The second kappa shape index (κ2) is 13.2. The van der Waals surface area contributed by atoms with Gasteiger partial charge in [0.1, 0.15) is 11.6 Å². The summed E-state index contributed by atoms with van der Waals surface area (Å²) in [7, 11) is 0. The molecule has 0 aliphatic carbocycles. The molecule has 1 aromatic rings. The third kappa shape index (κ3) is 9.91.